The first kappa shape index (κ1) is 16.4. The Morgan fingerprint density at radius 3 is 2.17 bits per heavy atom. The first-order chi connectivity index (χ1) is 11.6. The molecule has 0 bridgehead atoms. The summed E-state index contributed by atoms with van der Waals surface area (Å²) in [5, 5.41) is 20.7. The number of benzene rings is 2. The molecule has 0 aromatic heterocycles. The SMILES string of the molecule is NC(O)[C@H](CO)NC(=O)OCC1c2ccccc2-c2ccccc21. The lowest BCUT2D eigenvalue weighted by atomic mass is 9.98. The number of rotatable bonds is 5. The van der Waals surface area contributed by atoms with Gasteiger partial charge in [-0.15, -0.1) is 0 Å². The van der Waals surface area contributed by atoms with Crippen molar-refractivity contribution < 1.29 is 19.7 Å². The van der Waals surface area contributed by atoms with E-state index in [1.165, 1.54) is 0 Å². The number of fused-ring (bicyclic) bond motifs is 3. The first-order valence-electron chi connectivity index (χ1n) is 7.78. The second kappa shape index (κ2) is 7.00. The van der Waals surface area contributed by atoms with Gasteiger partial charge in [0.2, 0.25) is 0 Å². The summed E-state index contributed by atoms with van der Waals surface area (Å²) in [4.78, 5) is 11.9. The molecule has 0 aliphatic heterocycles. The largest absolute Gasteiger partial charge is 0.449 e. The molecule has 0 fully saturated rings. The Labute approximate surface area is 139 Å². The first-order valence-corrected chi connectivity index (χ1v) is 7.78. The van der Waals surface area contributed by atoms with E-state index in [1.54, 1.807) is 0 Å². The Kier molecular flexibility index (Phi) is 4.80. The lowest BCUT2D eigenvalue weighted by Crippen LogP contribution is -2.50. The fourth-order valence-corrected chi connectivity index (χ4v) is 3.03. The summed E-state index contributed by atoms with van der Waals surface area (Å²) in [5.41, 5.74) is 9.79. The van der Waals surface area contributed by atoms with Crippen LogP contribution in [0.2, 0.25) is 0 Å². The number of hydrogen-bond donors (Lipinski definition) is 4. The van der Waals surface area contributed by atoms with E-state index in [-0.39, 0.29) is 12.5 Å². The Morgan fingerprint density at radius 1 is 1.12 bits per heavy atom. The van der Waals surface area contributed by atoms with Gasteiger partial charge >= 0.3 is 6.09 Å². The van der Waals surface area contributed by atoms with Crippen LogP contribution >= 0.6 is 0 Å². The van der Waals surface area contributed by atoms with Gasteiger partial charge in [0.15, 0.2) is 0 Å². The van der Waals surface area contributed by atoms with E-state index in [9.17, 15) is 9.90 Å². The second-order valence-electron chi connectivity index (χ2n) is 5.75. The zero-order chi connectivity index (χ0) is 17.1. The molecule has 1 unspecified atom stereocenters. The highest BCUT2D eigenvalue weighted by Gasteiger charge is 2.29. The van der Waals surface area contributed by atoms with Crippen LogP contribution in [0, 0.1) is 0 Å². The van der Waals surface area contributed by atoms with Crippen molar-refractivity contribution in [1.82, 2.24) is 5.32 Å². The molecule has 24 heavy (non-hydrogen) atoms. The van der Waals surface area contributed by atoms with Gasteiger partial charge in [0.25, 0.3) is 0 Å². The van der Waals surface area contributed by atoms with E-state index < -0.39 is 25.0 Å². The zero-order valence-corrected chi connectivity index (χ0v) is 13.1. The molecule has 5 N–H and O–H groups in total. The molecule has 0 radical (unpaired) electrons. The number of amides is 1. The van der Waals surface area contributed by atoms with Gasteiger partial charge in [-0.3, -0.25) is 0 Å². The van der Waals surface area contributed by atoms with E-state index in [0.29, 0.717) is 0 Å². The molecule has 6 heteroatoms. The number of aliphatic hydroxyl groups is 2. The Hall–Kier alpha value is -2.41. The molecule has 1 aliphatic rings. The molecule has 0 saturated carbocycles. The summed E-state index contributed by atoms with van der Waals surface area (Å²) < 4.78 is 5.29. The zero-order valence-electron chi connectivity index (χ0n) is 13.1. The Morgan fingerprint density at radius 2 is 1.67 bits per heavy atom. The molecule has 0 saturated heterocycles. The predicted molar refractivity (Wildman–Crippen MR) is 89.3 cm³/mol. The van der Waals surface area contributed by atoms with Crippen LogP contribution in [0.1, 0.15) is 17.0 Å². The summed E-state index contributed by atoms with van der Waals surface area (Å²) in [6.07, 6.45) is -2.07. The highest BCUT2D eigenvalue weighted by molar-refractivity contribution is 5.79. The molecule has 2 atom stereocenters. The minimum absolute atomic E-state index is 0.0430. The molecular formula is C18H20N2O4. The normalized spacial score (nSPS) is 15.3. The average molecular weight is 328 g/mol. The molecule has 2 aromatic rings. The van der Waals surface area contributed by atoms with Crippen molar-refractivity contribution >= 4 is 6.09 Å². The lowest BCUT2D eigenvalue weighted by molar-refractivity contribution is 0.0811. The maximum Gasteiger partial charge on any atom is 0.407 e. The molecule has 0 heterocycles. The van der Waals surface area contributed by atoms with Crippen molar-refractivity contribution in [2.45, 2.75) is 18.2 Å². The van der Waals surface area contributed by atoms with Crippen molar-refractivity contribution in [3.05, 3.63) is 59.7 Å². The van der Waals surface area contributed by atoms with Gasteiger partial charge < -0.3 is 26.0 Å². The number of alkyl carbamates (subject to hydrolysis) is 1. The molecule has 126 valence electrons. The predicted octanol–water partition coefficient (Wildman–Crippen LogP) is 1.16. The van der Waals surface area contributed by atoms with Crippen LogP contribution in [0.15, 0.2) is 48.5 Å². The quantitative estimate of drug-likeness (QED) is 0.617. The van der Waals surface area contributed by atoms with Gasteiger partial charge in [-0.2, -0.15) is 0 Å². The van der Waals surface area contributed by atoms with Crippen LogP contribution in [0.3, 0.4) is 0 Å². The van der Waals surface area contributed by atoms with Gasteiger partial charge in [-0.25, -0.2) is 4.79 Å². The summed E-state index contributed by atoms with van der Waals surface area (Å²) in [6.45, 7) is -0.305. The van der Waals surface area contributed by atoms with E-state index in [0.717, 1.165) is 22.3 Å². The Bertz CT molecular complexity index is 687. The molecule has 6 nitrogen and oxygen atoms in total. The van der Waals surface area contributed by atoms with Crippen molar-refractivity contribution in [2.24, 2.45) is 5.73 Å². The third-order valence-electron chi connectivity index (χ3n) is 4.26. The van der Waals surface area contributed by atoms with E-state index in [2.05, 4.69) is 17.4 Å². The fraction of sp³-hybridized carbons (Fsp3) is 0.278. The van der Waals surface area contributed by atoms with Gasteiger partial charge in [-0.1, -0.05) is 48.5 Å². The number of carbonyl (C=O) groups excluding carboxylic acids is 1. The smallest absolute Gasteiger partial charge is 0.407 e. The van der Waals surface area contributed by atoms with Crippen molar-refractivity contribution in [1.29, 1.82) is 0 Å². The van der Waals surface area contributed by atoms with Gasteiger partial charge in [0.05, 0.1) is 12.6 Å². The number of nitrogens with two attached hydrogens (primary N) is 1. The molecule has 1 amide bonds. The molecule has 0 spiro atoms. The number of nitrogens with one attached hydrogen (secondary N) is 1. The topological polar surface area (TPSA) is 105 Å². The lowest BCUT2D eigenvalue weighted by Gasteiger charge is -2.20. The van der Waals surface area contributed by atoms with Crippen LogP contribution in [0.25, 0.3) is 11.1 Å². The van der Waals surface area contributed by atoms with Crippen LogP contribution in [-0.2, 0) is 4.74 Å². The summed E-state index contributed by atoms with van der Waals surface area (Å²) in [7, 11) is 0. The number of ether oxygens (including phenoxy) is 1. The van der Waals surface area contributed by atoms with Gasteiger partial charge in [0, 0.05) is 5.92 Å². The van der Waals surface area contributed by atoms with Crippen molar-refractivity contribution in [2.75, 3.05) is 13.2 Å². The molecule has 3 rings (SSSR count). The summed E-state index contributed by atoms with van der Waals surface area (Å²) in [5.74, 6) is -0.0430. The second-order valence-corrected chi connectivity index (χ2v) is 5.75. The highest BCUT2D eigenvalue weighted by atomic mass is 16.5. The minimum Gasteiger partial charge on any atom is -0.449 e. The third kappa shape index (κ3) is 3.12. The molecular weight excluding hydrogens is 308 g/mol. The Balaban J connectivity index is 1.73. The minimum atomic E-state index is -1.35. The van der Waals surface area contributed by atoms with E-state index in [1.807, 2.05) is 36.4 Å². The van der Waals surface area contributed by atoms with E-state index in [4.69, 9.17) is 15.6 Å². The summed E-state index contributed by atoms with van der Waals surface area (Å²) in [6, 6.07) is 15.1. The number of hydrogen-bond acceptors (Lipinski definition) is 5. The summed E-state index contributed by atoms with van der Waals surface area (Å²) >= 11 is 0. The van der Waals surface area contributed by atoms with Gasteiger partial charge in [-0.05, 0) is 22.3 Å². The monoisotopic (exact) mass is 328 g/mol. The van der Waals surface area contributed by atoms with Crippen molar-refractivity contribution in [3.8, 4) is 11.1 Å². The van der Waals surface area contributed by atoms with Crippen LogP contribution in [0.4, 0.5) is 4.79 Å². The van der Waals surface area contributed by atoms with Crippen LogP contribution < -0.4 is 11.1 Å². The van der Waals surface area contributed by atoms with Crippen LogP contribution in [-0.4, -0.2) is 41.8 Å². The average Bonchev–Trinajstić information content (AvgIpc) is 2.91. The van der Waals surface area contributed by atoms with Crippen LogP contribution in [0.5, 0.6) is 0 Å². The number of carbonyl (C=O) groups is 1. The maximum atomic E-state index is 11.9. The van der Waals surface area contributed by atoms with Gasteiger partial charge in [0.1, 0.15) is 12.8 Å². The number of aliphatic hydroxyl groups excluding tert-OH is 2. The third-order valence-corrected chi connectivity index (χ3v) is 4.26. The molecule has 2 aromatic carbocycles. The molecule has 1 aliphatic carbocycles. The standard InChI is InChI=1S/C18H20N2O4/c19-17(22)16(9-21)20-18(23)24-10-15-13-7-3-1-5-11(13)12-6-2-4-8-14(12)15/h1-8,15-17,21-22H,9-10,19H2,(H,20,23)/t16-,17?/m0/s1. The fourth-order valence-electron chi connectivity index (χ4n) is 3.03. The highest BCUT2D eigenvalue weighted by Crippen LogP contribution is 2.44. The van der Waals surface area contributed by atoms with E-state index >= 15 is 0 Å². The maximum absolute atomic E-state index is 11.9. The van der Waals surface area contributed by atoms with Crippen molar-refractivity contribution in [3.63, 3.8) is 0 Å².